The lowest BCUT2D eigenvalue weighted by atomic mass is 10.2. The van der Waals surface area contributed by atoms with Gasteiger partial charge in [0.2, 0.25) is 0 Å². The van der Waals surface area contributed by atoms with Gasteiger partial charge in [-0.25, -0.2) is 0 Å². The Kier molecular flexibility index (Phi) is 7.04. The zero-order chi connectivity index (χ0) is 22.5. The summed E-state index contributed by atoms with van der Waals surface area (Å²) in [6.45, 7) is 0. The first-order valence-corrected chi connectivity index (χ1v) is 13.6. The third-order valence-electron chi connectivity index (χ3n) is 5.00. The molecule has 1 aliphatic rings. The number of hydrogen-bond donors (Lipinski definition) is 0. The summed E-state index contributed by atoms with van der Waals surface area (Å²) in [5.74, 6) is 3.48. The quantitative estimate of drug-likeness (QED) is 0.176. The van der Waals surface area contributed by atoms with E-state index in [1.165, 1.54) is 28.8 Å². The molecule has 1 saturated heterocycles. The van der Waals surface area contributed by atoms with E-state index < -0.39 is 0 Å². The Morgan fingerprint density at radius 3 is 2.27 bits per heavy atom. The maximum atomic E-state index is 12.5. The predicted octanol–water partition coefficient (Wildman–Crippen LogP) is 6.11. The number of hydrogen-bond acceptors (Lipinski definition) is 7. The zero-order valence-corrected chi connectivity index (χ0v) is 20.1. The van der Waals surface area contributed by atoms with Gasteiger partial charge < -0.3 is 4.74 Å². The molecule has 0 bridgehead atoms. The van der Waals surface area contributed by atoms with Gasteiger partial charge in [0.25, 0.3) is 0 Å². The van der Waals surface area contributed by atoms with Gasteiger partial charge in [-0.1, -0.05) is 72.4 Å². The summed E-state index contributed by atoms with van der Waals surface area (Å²) in [4.78, 5) is 12.5. The molecule has 1 aliphatic heterocycles. The van der Waals surface area contributed by atoms with E-state index in [0.29, 0.717) is 15.5 Å². The average Bonchev–Trinajstić information content (AvgIpc) is 3.55. The van der Waals surface area contributed by atoms with Crippen LogP contribution >= 0.6 is 35.3 Å². The lowest BCUT2D eigenvalue weighted by molar-refractivity contribution is -0.131. The molecule has 3 aromatic carbocycles. The zero-order valence-electron chi connectivity index (χ0n) is 17.7. The van der Waals surface area contributed by atoms with Crippen LogP contribution in [0.15, 0.2) is 90.1 Å². The van der Waals surface area contributed by atoms with Crippen LogP contribution in [0.25, 0.3) is 17.1 Å². The minimum absolute atomic E-state index is 0.135. The second-order valence-electron chi connectivity index (χ2n) is 7.25. The molecule has 5 rings (SSSR count). The fourth-order valence-electron chi connectivity index (χ4n) is 3.48. The second-order valence-corrected chi connectivity index (χ2v) is 10.9. The molecule has 0 aliphatic carbocycles. The molecule has 8 heteroatoms. The van der Waals surface area contributed by atoms with Gasteiger partial charge in [-0.15, -0.1) is 33.7 Å². The van der Waals surface area contributed by atoms with Crippen molar-refractivity contribution in [3.8, 4) is 22.8 Å². The van der Waals surface area contributed by atoms with Crippen molar-refractivity contribution in [1.82, 2.24) is 14.8 Å². The number of carbonyl (C=O) groups is 1. The number of thioether (sulfide) groups is 3. The number of benzene rings is 3. The molecule has 0 N–H and O–H groups in total. The van der Waals surface area contributed by atoms with Gasteiger partial charge in [0.05, 0.1) is 10.3 Å². The summed E-state index contributed by atoms with van der Waals surface area (Å²) in [5.41, 5.74) is 3.17. The molecule has 33 heavy (non-hydrogen) atoms. The van der Waals surface area contributed by atoms with Crippen molar-refractivity contribution < 1.29 is 9.53 Å². The molecule has 0 unspecified atom stereocenters. The van der Waals surface area contributed by atoms with Crippen LogP contribution in [0.1, 0.15) is 10.1 Å². The van der Waals surface area contributed by atoms with Crippen molar-refractivity contribution >= 4 is 41.3 Å². The molecule has 1 fully saturated rings. The fourth-order valence-corrected chi connectivity index (χ4v) is 7.06. The van der Waals surface area contributed by atoms with E-state index in [1.807, 2.05) is 113 Å². The summed E-state index contributed by atoms with van der Waals surface area (Å²) in [6, 6.07) is 27.7. The van der Waals surface area contributed by atoms with E-state index >= 15 is 0 Å². The number of ether oxygens (including phenoxy) is 1. The Bertz CT molecular complexity index is 1210. The van der Waals surface area contributed by atoms with Crippen LogP contribution in [-0.4, -0.2) is 38.0 Å². The normalized spacial score (nSPS) is 13.8. The number of para-hydroxylation sites is 1. The number of aromatic nitrogens is 3. The topological polar surface area (TPSA) is 57.0 Å². The van der Waals surface area contributed by atoms with E-state index in [4.69, 9.17) is 4.74 Å². The summed E-state index contributed by atoms with van der Waals surface area (Å²) in [5, 5.41) is 9.42. The summed E-state index contributed by atoms with van der Waals surface area (Å²) in [7, 11) is 0. The van der Waals surface area contributed by atoms with E-state index in [2.05, 4.69) is 10.2 Å². The van der Waals surface area contributed by atoms with Crippen LogP contribution in [0.5, 0.6) is 5.75 Å². The summed E-state index contributed by atoms with van der Waals surface area (Å²) in [6.07, 6.45) is 0. The maximum Gasteiger partial charge on any atom is 0.321 e. The van der Waals surface area contributed by atoms with E-state index in [-0.39, 0.29) is 11.7 Å². The van der Waals surface area contributed by atoms with Crippen LogP contribution in [0.3, 0.4) is 0 Å². The lowest BCUT2D eigenvalue weighted by Gasteiger charge is -2.11. The van der Waals surface area contributed by atoms with Gasteiger partial charge in [-0.2, -0.15) is 0 Å². The molecule has 0 spiro atoms. The second kappa shape index (κ2) is 10.5. The number of nitrogens with zero attached hydrogens (tertiary/aromatic N) is 3. The largest absolute Gasteiger partial charge is 0.426 e. The molecule has 0 atom stereocenters. The summed E-state index contributed by atoms with van der Waals surface area (Å²) >= 11 is 5.23. The molecule has 5 nitrogen and oxygen atoms in total. The molecule has 0 saturated carbocycles. The van der Waals surface area contributed by atoms with Gasteiger partial charge in [0.1, 0.15) is 5.75 Å². The van der Waals surface area contributed by atoms with Crippen LogP contribution in [0.4, 0.5) is 0 Å². The molecule has 0 radical (unpaired) electrons. The minimum atomic E-state index is -0.318. The summed E-state index contributed by atoms with van der Waals surface area (Å²) < 4.78 is 8.01. The lowest BCUT2D eigenvalue weighted by Crippen LogP contribution is -2.11. The van der Waals surface area contributed by atoms with Crippen LogP contribution in [-0.2, 0) is 4.79 Å². The highest BCUT2D eigenvalue weighted by Gasteiger charge is 2.19. The first kappa shape index (κ1) is 22.1. The van der Waals surface area contributed by atoms with Crippen LogP contribution in [0, 0.1) is 0 Å². The monoisotopic (exact) mass is 491 g/mol. The smallest absolute Gasteiger partial charge is 0.321 e. The molecule has 1 aromatic heterocycles. The fraction of sp³-hybridized carbons (Fsp3) is 0.160. The van der Waals surface area contributed by atoms with Crippen molar-refractivity contribution in [2.24, 2.45) is 0 Å². The van der Waals surface area contributed by atoms with Crippen molar-refractivity contribution in [2.75, 3.05) is 17.3 Å². The van der Waals surface area contributed by atoms with Crippen molar-refractivity contribution in [3.05, 3.63) is 90.5 Å². The van der Waals surface area contributed by atoms with Gasteiger partial charge in [-0.3, -0.25) is 9.36 Å². The number of esters is 1. The maximum absolute atomic E-state index is 12.5. The van der Waals surface area contributed by atoms with Crippen molar-refractivity contribution in [2.45, 2.75) is 9.74 Å². The molecule has 4 aromatic rings. The van der Waals surface area contributed by atoms with Crippen molar-refractivity contribution in [1.29, 1.82) is 0 Å². The highest BCUT2D eigenvalue weighted by molar-refractivity contribution is 8.19. The highest BCUT2D eigenvalue weighted by Crippen LogP contribution is 2.45. The Labute approximate surface area is 205 Å². The average molecular weight is 492 g/mol. The Morgan fingerprint density at radius 2 is 1.58 bits per heavy atom. The molecule has 0 amide bonds. The van der Waals surface area contributed by atoms with E-state index in [0.717, 1.165) is 17.1 Å². The van der Waals surface area contributed by atoms with Gasteiger partial charge in [0.15, 0.2) is 11.0 Å². The van der Waals surface area contributed by atoms with Gasteiger partial charge in [0, 0.05) is 22.8 Å². The van der Waals surface area contributed by atoms with E-state index in [9.17, 15) is 4.79 Å². The van der Waals surface area contributed by atoms with Crippen molar-refractivity contribution in [3.63, 3.8) is 0 Å². The Morgan fingerprint density at radius 1 is 0.909 bits per heavy atom. The van der Waals surface area contributed by atoms with Crippen LogP contribution < -0.4 is 4.74 Å². The Hall–Kier alpha value is -2.68. The molecule has 166 valence electrons. The Balaban J connectivity index is 1.29. The first-order valence-electron chi connectivity index (χ1n) is 10.5. The number of carbonyl (C=O) groups excluding carboxylic acids is 1. The SMILES string of the molecule is O=C(CSc1nnc(-c2ccccc2)n1-c1ccccc1)Oc1ccc(C2SCCS2)cc1. The third kappa shape index (κ3) is 5.29. The first-order chi connectivity index (χ1) is 16.3. The standard InChI is InChI=1S/C25H21N3O2S3/c29-22(30-21-13-11-19(12-14-21)24-31-15-16-32-24)17-33-25-27-26-23(18-7-3-1-4-8-18)28(25)20-9-5-2-6-10-20/h1-14,24H,15-17H2. The third-order valence-corrected chi connectivity index (χ3v) is 9.01. The molecular formula is C25H21N3O2S3. The minimum Gasteiger partial charge on any atom is -0.426 e. The number of rotatable bonds is 7. The van der Waals surface area contributed by atoms with Crippen LogP contribution in [0.2, 0.25) is 0 Å². The highest BCUT2D eigenvalue weighted by atomic mass is 32.2. The van der Waals surface area contributed by atoms with E-state index in [1.54, 1.807) is 0 Å². The van der Waals surface area contributed by atoms with Gasteiger partial charge >= 0.3 is 5.97 Å². The predicted molar refractivity (Wildman–Crippen MR) is 137 cm³/mol. The molecular weight excluding hydrogens is 470 g/mol. The van der Waals surface area contributed by atoms with Gasteiger partial charge in [-0.05, 0) is 29.8 Å². The molecule has 2 heterocycles.